The van der Waals surface area contributed by atoms with Gasteiger partial charge in [-0.25, -0.2) is 12.4 Å². The Kier molecular flexibility index (Phi) is 6.68. The number of benzene rings is 2. The number of carbonyl (C=O) groups is 2. The molecular formula is C28H30F3NO4S. The van der Waals surface area contributed by atoms with Crippen molar-refractivity contribution in [1.29, 1.82) is 0 Å². The zero-order valence-corrected chi connectivity index (χ0v) is 22.4. The van der Waals surface area contributed by atoms with E-state index >= 15 is 0 Å². The average molecular weight is 534 g/mol. The molecule has 1 unspecified atom stereocenters. The van der Waals surface area contributed by atoms with E-state index in [4.69, 9.17) is 0 Å². The number of Topliss-reactive ketones (excluding diaryl/α,β-unsaturated/α-hetero) is 2. The fraction of sp³-hybridized carbons (Fsp3) is 0.429. The minimum atomic E-state index is -5.17. The quantitative estimate of drug-likeness (QED) is 0.329. The van der Waals surface area contributed by atoms with Crippen LogP contribution in [0, 0.1) is 5.92 Å². The molecule has 2 aromatic carbocycles. The first kappa shape index (κ1) is 27.1. The lowest BCUT2D eigenvalue weighted by atomic mass is 9.81. The third-order valence-electron chi connectivity index (χ3n) is 7.07. The van der Waals surface area contributed by atoms with Gasteiger partial charge in [-0.1, -0.05) is 65.8 Å². The van der Waals surface area contributed by atoms with E-state index < -0.39 is 40.1 Å². The molecule has 3 aromatic rings. The number of aromatic nitrogens is 1. The summed E-state index contributed by atoms with van der Waals surface area (Å²) in [4.78, 5) is 25.1. The van der Waals surface area contributed by atoms with E-state index in [0.717, 1.165) is 9.54 Å². The topological polar surface area (TPSA) is 73.2 Å². The van der Waals surface area contributed by atoms with Crippen LogP contribution in [0.1, 0.15) is 91.9 Å². The van der Waals surface area contributed by atoms with Crippen molar-refractivity contribution in [2.45, 2.75) is 76.8 Å². The molecule has 1 aliphatic rings. The van der Waals surface area contributed by atoms with Gasteiger partial charge in [-0.05, 0) is 52.5 Å². The van der Waals surface area contributed by atoms with Gasteiger partial charge >= 0.3 is 6.18 Å². The van der Waals surface area contributed by atoms with Crippen molar-refractivity contribution in [2.24, 2.45) is 5.92 Å². The summed E-state index contributed by atoms with van der Waals surface area (Å²) in [5, 5.41) is 0.276. The van der Waals surface area contributed by atoms with Gasteiger partial charge in [0.15, 0.2) is 5.78 Å². The van der Waals surface area contributed by atoms with E-state index in [2.05, 4.69) is 0 Å². The summed E-state index contributed by atoms with van der Waals surface area (Å²) < 4.78 is 69.4. The van der Waals surface area contributed by atoms with Crippen molar-refractivity contribution in [1.82, 2.24) is 3.97 Å². The van der Waals surface area contributed by atoms with Crippen LogP contribution in [0.4, 0.5) is 13.2 Å². The second-order valence-electron chi connectivity index (χ2n) is 10.6. The molecule has 9 heteroatoms. The highest BCUT2D eigenvalue weighted by atomic mass is 32.2. The van der Waals surface area contributed by atoms with Gasteiger partial charge in [0.25, 0.3) is 10.0 Å². The number of hydrogen-bond acceptors (Lipinski definition) is 4. The molecule has 0 radical (unpaired) electrons. The largest absolute Gasteiger partial charge is 0.450 e. The van der Waals surface area contributed by atoms with Gasteiger partial charge in [0.1, 0.15) is 0 Å². The Morgan fingerprint density at radius 1 is 0.973 bits per heavy atom. The molecule has 0 fully saturated rings. The van der Waals surface area contributed by atoms with Gasteiger partial charge in [0.05, 0.1) is 16.3 Å². The van der Waals surface area contributed by atoms with Crippen LogP contribution < -0.4 is 0 Å². The first-order valence-corrected chi connectivity index (χ1v) is 13.7. The van der Waals surface area contributed by atoms with Crippen LogP contribution in [0.5, 0.6) is 0 Å². The molecule has 1 atom stereocenters. The molecule has 0 aliphatic heterocycles. The fourth-order valence-corrected chi connectivity index (χ4v) is 7.15. The summed E-state index contributed by atoms with van der Waals surface area (Å²) in [6, 6.07) is 8.13. The number of alkyl halides is 3. The molecule has 0 spiro atoms. The maximum atomic E-state index is 14.3. The van der Waals surface area contributed by atoms with Gasteiger partial charge in [-0.3, -0.25) is 9.59 Å². The van der Waals surface area contributed by atoms with Crippen LogP contribution in [-0.4, -0.2) is 30.1 Å². The van der Waals surface area contributed by atoms with Crippen LogP contribution in [0.2, 0.25) is 0 Å². The van der Waals surface area contributed by atoms with Crippen molar-refractivity contribution in [3.05, 3.63) is 64.3 Å². The van der Waals surface area contributed by atoms with E-state index in [1.54, 1.807) is 0 Å². The van der Waals surface area contributed by atoms with Gasteiger partial charge < -0.3 is 0 Å². The SMILES string of the molecule is CC(C)c1cc(C(C)C)c(S(=O)(=O)n2cc3c4c(cccc42)C(=O)C(C(=O)C(F)(F)F)C3)c(C(C)C)c1. The minimum Gasteiger partial charge on any atom is -0.293 e. The highest BCUT2D eigenvalue weighted by Crippen LogP contribution is 2.41. The monoisotopic (exact) mass is 533 g/mol. The maximum absolute atomic E-state index is 14.3. The van der Waals surface area contributed by atoms with E-state index in [0.29, 0.717) is 11.1 Å². The molecule has 1 heterocycles. The lowest BCUT2D eigenvalue weighted by Crippen LogP contribution is -2.38. The molecule has 198 valence electrons. The molecule has 37 heavy (non-hydrogen) atoms. The Morgan fingerprint density at radius 3 is 2.03 bits per heavy atom. The predicted octanol–water partition coefficient (Wildman–Crippen LogP) is 6.73. The Balaban J connectivity index is 2.00. The molecule has 0 saturated heterocycles. The standard InChI is InChI=1S/C28H30F3NO4S/c1-14(2)17-10-20(15(3)4)26(21(11-17)16(5)6)37(35,36)32-13-18-12-22(27(34)28(29,30)31)25(33)19-8-7-9-23(32)24(18)19/h7-11,13-16,22H,12H2,1-6H3. The number of ketones is 2. The van der Waals surface area contributed by atoms with Crippen LogP contribution >= 0.6 is 0 Å². The summed E-state index contributed by atoms with van der Waals surface area (Å²) in [5.74, 6) is -5.06. The van der Waals surface area contributed by atoms with Gasteiger partial charge in [-0.15, -0.1) is 0 Å². The minimum absolute atomic E-state index is 0.0707. The number of hydrogen-bond donors (Lipinski definition) is 0. The molecule has 4 rings (SSSR count). The molecular weight excluding hydrogens is 503 g/mol. The van der Waals surface area contributed by atoms with Crippen LogP contribution in [-0.2, 0) is 21.2 Å². The van der Waals surface area contributed by atoms with E-state index in [1.807, 2.05) is 53.7 Å². The molecule has 1 aromatic heterocycles. The Hall–Kier alpha value is -2.94. The molecule has 0 bridgehead atoms. The smallest absolute Gasteiger partial charge is 0.293 e. The van der Waals surface area contributed by atoms with Crippen molar-refractivity contribution in [2.75, 3.05) is 0 Å². The van der Waals surface area contributed by atoms with Gasteiger partial charge in [0.2, 0.25) is 5.78 Å². The molecule has 0 saturated carbocycles. The van der Waals surface area contributed by atoms with Gasteiger partial charge in [0, 0.05) is 17.1 Å². The number of halogens is 3. The summed E-state index contributed by atoms with van der Waals surface area (Å²) in [6.45, 7) is 11.7. The molecule has 0 N–H and O–H groups in total. The highest BCUT2D eigenvalue weighted by molar-refractivity contribution is 7.90. The average Bonchev–Trinajstić information content (AvgIpc) is 3.19. The third-order valence-corrected chi connectivity index (χ3v) is 8.88. The lowest BCUT2D eigenvalue weighted by molar-refractivity contribution is -0.173. The third kappa shape index (κ3) is 4.41. The van der Waals surface area contributed by atoms with Crippen molar-refractivity contribution in [3.8, 4) is 0 Å². The number of rotatable bonds is 6. The van der Waals surface area contributed by atoms with Gasteiger partial charge in [-0.2, -0.15) is 13.2 Å². The molecule has 0 amide bonds. The van der Waals surface area contributed by atoms with Crippen molar-refractivity contribution < 1.29 is 31.2 Å². The van der Waals surface area contributed by atoms with E-state index in [9.17, 15) is 31.2 Å². The number of nitrogens with zero attached hydrogens (tertiary/aromatic N) is 1. The summed E-state index contributed by atoms with van der Waals surface area (Å²) in [5.41, 5.74) is 2.70. The second-order valence-corrected chi connectivity index (χ2v) is 12.4. The van der Waals surface area contributed by atoms with Crippen molar-refractivity contribution >= 4 is 32.5 Å². The predicted molar refractivity (Wildman–Crippen MR) is 136 cm³/mol. The Bertz CT molecular complexity index is 1500. The maximum Gasteiger partial charge on any atom is 0.450 e. The van der Waals surface area contributed by atoms with Crippen molar-refractivity contribution in [3.63, 3.8) is 0 Å². The fourth-order valence-electron chi connectivity index (χ4n) is 5.09. The first-order valence-electron chi connectivity index (χ1n) is 12.3. The first-order chi connectivity index (χ1) is 17.1. The van der Waals surface area contributed by atoms with Crippen LogP contribution in [0.25, 0.3) is 10.9 Å². The second kappa shape index (κ2) is 9.11. The van der Waals surface area contributed by atoms with Crippen LogP contribution in [0.3, 0.4) is 0 Å². The number of carbonyl (C=O) groups excluding carboxylic acids is 2. The summed E-state index contributed by atoms with van der Waals surface area (Å²) >= 11 is 0. The highest BCUT2D eigenvalue weighted by Gasteiger charge is 2.48. The Morgan fingerprint density at radius 2 is 1.54 bits per heavy atom. The molecule has 1 aliphatic carbocycles. The van der Waals surface area contributed by atoms with E-state index in [-0.39, 0.29) is 44.7 Å². The normalized spacial score (nSPS) is 16.4. The lowest BCUT2D eigenvalue weighted by Gasteiger charge is -2.23. The Labute approximate surface area is 214 Å². The zero-order valence-electron chi connectivity index (χ0n) is 21.6. The molecule has 5 nitrogen and oxygen atoms in total. The van der Waals surface area contributed by atoms with Crippen LogP contribution in [0.15, 0.2) is 41.4 Å². The van der Waals surface area contributed by atoms with E-state index in [1.165, 1.54) is 24.4 Å². The summed E-state index contributed by atoms with van der Waals surface area (Å²) in [7, 11) is -4.22. The summed E-state index contributed by atoms with van der Waals surface area (Å²) in [6.07, 6.45) is -4.40. The zero-order chi connectivity index (χ0) is 27.6.